The van der Waals surface area contributed by atoms with Crippen LogP contribution in [0.25, 0.3) is 0 Å². The molecule has 0 saturated heterocycles. The van der Waals surface area contributed by atoms with E-state index in [9.17, 15) is 0 Å². The molecular formula is C7H17Cl3Si2. The van der Waals surface area contributed by atoms with Crippen LogP contribution in [0.2, 0.25) is 18.6 Å². The summed E-state index contributed by atoms with van der Waals surface area (Å²) in [4.78, 5) is 0. The second kappa shape index (κ2) is 7.68. The van der Waals surface area contributed by atoms with E-state index in [1.807, 2.05) is 0 Å². The largest absolute Gasteiger partial charge is 0.341 e. The molecule has 0 aliphatic carbocycles. The Morgan fingerprint density at radius 3 is 2.08 bits per heavy atom. The number of unbranched alkanes of at least 4 members (excludes halogenated alkanes) is 3. The van der Waals surface area contributed by atoms with E-state index in [-0.39, 0.29) is 9.52 Å². The fourth-order valence-electron chi connectivity index (χ4n) is 1.11. The van der Waals surface area contributed by atoms with Gasteiger partial charge in [-0.25, -0.2) is 0 Å². The molecule has 12 heavy (non-hydrogen) atoms. The van der Waals surface area contributed by atoms with Crippen LogP contribution in [0.4, 0.5) is 0 Å². The van der Waals surface area contributed by atoms with Gasteiger partial charge >= 0.3 is 6.00 Å². The molecule has 0 saturated carbocycles. The van der Waals surface area contributed by atoms with E-state index in [2.05, 4.69) is 6.55 Å². The van der Waals surface area contributed by atoms with E-state index in [1.165, 1.54) is 25.3 Å². The SMILES string of the molecule is C[SiH2]CCCCCC[Si](Cl)(Cl)Cl. The first kappa shape index (κ1) is 13.3. The van der Waals surface area contributed by atoms with E-state index in [1.54, 1.807) is 0 Å². The molecule has 0 aliphatic rings. The molecule has 5 heteroatoms. The zero-order valence-corrected chi connectivity index (χ0v) is 12.3. The lowest BCUT2D eigenvalue weighted by molar-refractivity contribution is 0.698. The minimum absolute atomic E-state index is 0.283. The molecule has 0 N–H and O–H groups in total. The van der Waals surface area contributed by atoms with Gasteiger partial charge in [-0.05, 0) is 6.04 Å². The van der Waals surface area contributed by atoms with E-state index in [0.29, 0.717) is 0 Å². The van der Waals surface area contributed by atoms with Crippen LogP contribution in [-0.4, -0.2) is 15.5 Å². The number of rotatable bonds is 7. The molecule has 0 bridgehead atoms. The van der Waals surface area contributed by atoms with Crippen molar-refractivity contribution in [2.24, 2.45) is 0 Å². The third-order valence-corrected chi connectivity index (χ3v) is 5.64. The first-order valence-corrected chi connectivity index (χ1v) is 12.3. The second-order valence-electron chi connectivity index (χ2n) is 3.13. The summed E-state index contributed by atoms with van der Waals surface area (Å²) < 4.78 is 0. The molecule has 0 atom stereocenters. The lowest BCUT2D eigenvalue weighted by Gasteiger charge is -2.06. The number of hydrogen-bond donors (Lipinski definition) is 0. The first-order valence-electron chi connectivity index (χ1n) is 4.63. The molecule has 0 spiro atoms. The van der Waals surface area contributed by atoms with E-state index in [0.717, 1.165) is 12.5 Å². The van der Waals surface area contributed by atoms with Crippen LogP contribution >= 0.6 is 33.2 Å². The summed E-state index contributed by atoms with van der Waals surface area (Å²) in [5.41, 5.74) is 0. The highest BCUT2D eigenvalue weighted by atomic mass is 35.8. The van der Waals surface area contributed by atoms with Crippen LogP contribution in [0.15, 0.2) is 0 Å². The molecule has 0 radical (unpaired) electrons. The summed E-state index contributed by atoms with van der Waals surface area (Å²) in [6, 6.07) is 0.0116. The molecule has 0 aromatic carbocycles. The van der Waals surface area contributed by atoms with E-state index < -0.39 is 6.00 Å². The third-order valence-electron chi connectivity index (χ3n) is 1.81. The van der Waals surface area contributed by atoms with Gasteiger partial charge in [0.15, 0.2) is 0 Å². The van der Waals surface area contributed by atoms with Crippen molar-refractivity contribution in [3.05, 3.63) is 0 Å². The van der Waals surface area contributed by atoms with Crippen molar-refractivity contribution in [3.8, 4) is 0 Å². The van der Waals surface area contributed by atoms with Crippen molar-refractivity contribution in [2.45, 2.75) is 44.3 Å². The second-order valence-corrected chi connectivity index (χ2v) is 14.1. The molecule has 0 rings (SSSR count). The van der Waals surface area contributed by atoms with Crippen LogP contribution in [0.3, 0.4) is 0 Å². The maximum absolute atomic E-state index is 5.75. The smallest absolute Gasteiger partial charge is 0.126 e. The molecule has 0 unspecified atom stereocenters. The molecule has 0 heterocycles. The zero-order valence-electron chi connectivity index (χ0n) is 7.58. The van der Waals surface area contributed by atoms with Crippen molar-refractivity contribution in [2.75, 3.05) is 0 Å². The van der Waals surface area contributed by atoms with Gasteiger partial charge in [0.2, 0.25) is 0 Å². The molecule has 0 fully saturated rings. The van der Waals surface area contributed by atoms with Gasteiger partial charge in [0.05, 0.1) is 0 Å². The monoisotopic (exact) mass is 262 g/mol. The van der Waals surface area contributed by atoms with E-state index >= 15 is 0 Å². The molecular weight excluding hydrogens is 247 g/mol. The van der Waals surface area contributed by atoms with Crippen molar-refractivity contribution in [1.29, 1.82) is 0 Å². The highest BCUT2D eigenvalue weighted by Gasteiger charge is 2.23. The normalized spacial score (nSPS) is 13.0. The van der Waals surface area contributed by atoms with Crippen LogP contribution < -0.4 is 0 Å². The van der Waals surface area contributed by atoms with Crippen LogP contribution in [0, 0.1) is 0 Å². The molecule has 0 aromatic heterocycles. The fourth-order valence-corrected chi connectivity index (χ4v) is 3.81. The zero-order chi connectivity index (χ0) is 9.45. The summed E-state index contributed by atoms with van der Waals surface area (Å²) in [5, 5.41) is 0. The van der Waals surface area contributed by atoms with Crippen molar-refractivity contribution >= 4 is 48.8 Å². The van der Waals surface area contributed by atoms with Crippen molar-refractivity contribution < 1.29 is 0 Å². The summed E-state index contributed by atoms with van der Waals surface area (Å²) in [5.74, 6) is 0. The van der Waals surface area contributed by atoms with Crippen LogP contribution in [0.5, 0.6) is 0 Å². The molecule has 74 valence electrons. The molecule has 0 aliphatic heterocycles. The standard InChI is InChI=1S/C7H17Cl3Si2/c1-11-6-4-2-3-5-7-12(8,9)10/h2-7,11H2,1H3. The van der Waals surface area contributed by atoms with Crippen LogP contribution in [0.1, 0.15) is 25.7 Å². The van der Waals surface area contributed by atoms with Crippen molar-refractivity contribution in [1.82, 2.24) is 0 Å². The highest BCUT2D eigenvalue weighted by molar-refractivity contribution is 7.64. The Morgan fingerprint density at radius 1 is 1.00 bits per heavy atom. The summed E-state index contributed by atoms with van der Waals surface area (Å²) in [6.45, 7) is 2.36. The molecule has 0 amide bonds. The number of halogens is 3. The van der Waals surface area contributed by atoms with Crippen LogP contribution in [-0.2, 0) is 0 Å². The molecule has 0 nitrogen and oxygen atoms in total. The topological polar surface area (TPSA) is 0 Å². The van der Waals surface area contributed by atoms with E-state index in [4.69, 9.17) is 33.2 Å². The Kier molecular flexibility index (Phi) is 8.52. The lowest BCUT2D eigenvalue weighted by Crippen LogP contribution is -2.07. The Balaban J connectivity index is 3.01. The predicted octanol–water partition coefficient (Wildman–Crippen LogP) is 3.84. The predicted molar refractivity (Wildman–Crippen MR) is 65.8 cm³/mol. The average molecular weight is 264 g/mol. The Labute approximate surface area is 92.9 Å². The maximum atomic E-state index is 5.75. The summed E-state index contributed by atoms with van der Waals surface area (Å²) in [6.07, 6.45) is 5.07. The summed E-state index contributed by atoms with van der Waals surface area (Å²) in [7, 11) is 0.283. The first-order chi connectivity index (χ1) is 5.56. The van der Waals surface area contributed by atoms with Gasteiger partial charge in [-0.2, -0.15) is 0 Å². The van der Waals surface area contributed by atoms with Gasteiger partial charge in [0, 0.05) is 9.52 Å². The minimum Gasteiger partial charge on any atom is -0.126 e. The Hall–Kier alpha value is 1.30. The minimum atomic E-state index is -2.30. The fraction of sp³-hybridized carbons (Fsp3) is 1.00. The Bertz CT molecular complexity index is 103. The third kappa shape index (κ3) is 11.3. The molecule has 0 aromatic rings. The quantitative estimate of drug-likeness (QED) is 0.372. The van der Waals surface area contributed by atoms with Gasteiger partial charge in [0.25, 0.3) is 0 Å². The van der Waals surface area contributed by atoms with Gasteiger partial charge in [-0.3, -0.25) is 0 Å². The van der Waals surface area contributed by atoms with Gasteiger partial charge < -0.3 is 0 Å². The summed E-state index contributed by atoms with van der Waals surface area (Å²) >= 11 is 17.2. The maximum Gasteiger partial charge on any atom is 0.341 e. The average Bonchev–Trinajstić information content (AvgIpc) is 1.94. The van der Waals surface area contributed by atoms with Gasteiger partial charge in [-0.15, -0.1) is 33.2 Å². The van der Waals surface area contributed by atoms with Gasteiger partial charge in [-0.1, -0.05) is 38.3 Å². The highest BCUT2D eigenvalue weighted by Crippen LogP contribution is 2.27. The lowest BCUT2D eigenvalue weighted by atomic mass is 10.2. The number of hydrogen-bond acceptors (Lipinski definition) is 0. The Morgan fingerprint density at radius 2 is 1.58 bits per heavy atom. The van der Waals surface area contributed by atoms with Gasteiger partial charge in [0.1, 0.15) is 0 Å². The van der Waals surface area contributed by atoms with Crippen molar-refractivity contribution in [3.63, 3.8) is 0 Å².